The summed E-state index contributed by atoms with van der Waals surface area (Å²) >= 11 is 0. The van der Waals surface area contributed by atoms with Crippen LogP contribution >= 0.6 is 0 Å². The average Bonchev–Trinajstić information content (AvgIpc) is 3.23. The van der Waals surface area contributed by atoms with Crippen molar-refractivity contribution in [3.05, 3.63) is 59.4 Å². The monoisotopic (exact) mass is 417 g/mol. The molecule has 4 rings (SSSR count). The minimum atomic E-state index is -4.67. The van der Waals surface area contributed by atoms with Gasteiger partial charge < -0.3 is 9.40 Å². The molecule has 0 aliphatic rings. The van der Waals surface area contributed by atoms with Crippen LogP contribution in [0.4, 0.5) is 17.6 Å². The lowest BCUT2D eigenvalue weighted by Crippen LogP contribution is -2.11. The molecule has 0 spiro atoms. The number of hydrogen-bond acceptors (Lipinski definition) is 3. The Bertz CT molecular complexity index is 1250. The SMILES string of the molecule is Cc1nc(C(C)(C)C)oc1-c1nc2c(C(F)(F)F)cc(-c3ccccc3F)cc2[nH]1. The number of nitrogens with zero attached hydrogens (tertiary/aromatic N) is 2. The van der Waals surface area contributed by atoms with Gasteiger partial charge in [0.05, 0.1) is 16.8 Å². The van der Waals surface area contributed by atoms with E-state index in [4.69, 9.17) is 4.42 Å². The van der Waals surface area contributed by atoms with Gasteiger partial charge in [0.2, 0.25) is 5.89 Å². The predicted octanol–water partition coefficient (Wildman–Crippen LogP) is 6.65. The third-order valence-electron chi connectivity index (χ3n) is 4.73. The van der Waals surface area contributed by atoms with E-state index in [-0.39, 0.29) is 39.2 Å². The van der Waals surface area contributed by atoms with Gasteiger partial charge >= 0.3 is 6.18 Å². The molecule has 0 saturated heterocycles. The van der Waals surface area contributed by atoms with Crippen molar-refractivity contribution in [1.82, 2.24) is 15.0 Å². The first-order chi connectivity index (χ1) is 13.9. The summed E-state index contributed by atoms with van der Waals surface area (Å²) in [6, 6.07) is 8.06. The predicted molar refractivity (Wildman–Crippen MR) is 105 cm³/mol. The molecule has 8 heteroatoms. The number of aromatic nitrogens is 3. The third-order valence-corrected chi connectivity index (χ3v) is 4.73. The minimum absolute atomic E-state index is 0.0758. The van der Waals surface area contributed by atoms with E-state index in [0.29, 0.717) is 11.6 Å². The van der Waals surface area contributed by atoms with Crippen LogP contribution in [-0.2, 0) is 11.6 Å². The highest BCUT2D eigenvalue weighted by Crippen LogP contribution is 2.39. The first-order valence-electron chi connectivity index (χ1n) is 9.29. The highest BCUT2D eigenvalue weighted by molar-refractivity contribution is 5.87. The van der Waals surface area contributed by atoms with E-state index < -0.39 is 17.6 Å². The van der Waals surface area contributed by atoms with Crippen molar-refractivity contribution in [2.75, 3.05) is 0 Å². The van der Waals surface area contributed by atoms with E-state index in [1.807, 2.05) is 20.8 Å². The number of nitrogens with one attached hydrogen (secondary N) is 1. The number of rotatable bonds is 2. The summed E-state index contributed by atoms with van der Waals surface area (Å²) in [6.07, 6.45) is -4.67. The molecule has 0 aliphatic heterocycles. The second-order valence-corrected chi connectivity index (χ2v) is 8.17. The number of H-pyrrole nitrogens is 1. The van der Waals surface area contributed by atoms with E-state index in [1.165, 1.54) is 24.3 Å². The maximum absolute atomic E-state index is 14.2. The highest BCUT2D eigenvalue weighted by atomic mass is 19.4. The Morgan fingerprint density at radius 1 is 1.00 bits per heavy atom. The van der Waals surface area contributed by atoms with Crippen LogP contribution < -0.4 is 0 Å². The molecule has 1 N–H and O–H groups in total. The Morgan fingerprint density at radius 3 is 2.30 bits per heavy atom. The van der Waals surface area contributed by atoms with Crippen molar-refractivity contribution in [3.63, 3.8) is 0 Å². The van der Waals surface area contributed by atoms with Crippen molar-refractivity contribution in [2.24, 2.45) is 0 Å². The van der Waals surface area contributed by atoms with Gasteiger partial charge in [-0.15, -0.1) is 0 Å². The van der Waals surface area contributed by atoms with Crippen LogP contribution in [-0.4, -0.2) is 15.0 Å². The molecular weight excluding hydrogens is 398 g/mol. The Labute approximate surface area is 170 Å². The molecule has 2 aromatic heterocycles. The maximum atomic E-state index is 14.2. The summed E-state index contributed by atoms with van der Waals surface area (Å²) < 4.78 is 61.4. The second kappa shape index (κ2) is 6.68. The molecule has 2 aromatic carbocycles. The van der Waals surface area contributed by atoms with Gasteiger partial charge in [-0.2, -0.15) is 13.2 Å². The third kappa shape index (κ3) is 3.46. The van der Waals surface area contributed by atoms with Crippen LogP contribution in [0, 0.1) is 12.7 Å². The van der Waals surface area contributed by atoms with Crippen LogP contribution in [0.5, 0.6) is 0 Å². The number of alkyl halides is 3. The van der Waals surface area contributed by atoms with Crippen molar-refractivity contribution in [3.8, 4) is 22.7 Å². The van der Waals surface area contributed by atoms with Gasteiger partial charge in [-0.05, 0) is 30.7 Å². The molecule has 156 valence electrons. The number of benzene rings is 2. The summed E-state index contributed by atoms with van der Waals surface area (Å²) in [5, 5.41) is 0. The summed E-state index contributed by atoms with van der Waals surface area (Å²) in [6.45, 7) is 7.46. The molecule has 0 atom stereocenters. The fraction of sp³-hybridized carbons (Fsp3) is 0.273. The van der Waals surface area contributed by atoms with E-state index in [9.17, 15) is 17.6 Å². The summed E-state index contributed by atoms with van der Waals surface area (Å²) in [5.41, 5.74) is -0.753. The number of halogens is 4. The van der Waals surface area contributed by atoms with Crippen LogP contribution in [0.2, 0.25) is 0 Å². The topological polar surface area (TPSA) is 54.7 Å². The lowest BCUT2D eigenvalue weighted by molar-refractivity contribution is -0.136. The van der Waals surface area contributed by atoms with E-state index in [1.54, 1.807) is 13.0 Å². The molecular formula is C22H19F4N3O. The van der Waals surface area contributed by atoms with Crippen LogP contribution in [0.25, 0.3) is 33.7 Å². The number of hydrogen-bond donors (Lipinski definition) is 1. The van der Waals surface area contributed by atoms with Gasteiger partial charge in [-0.25, -0.2) is 14.4 Å². The van der Waals surface area contributed by atoms with Crippen molar-refractivity contribution in [2.45, 2.75) is 39.3 Å². The number of imidazole rings is 1. The molecule has 0 unspecified atom stereocenters. The Morgan fingerprint density at radius 2 is 1.70 bits per heavy atom. The lowest BCUT2D eigenvalue weighted by Gasteiger charge is -2.11. The number of oxazole rings is 1. The molecule has 0 radical (unpaired) electrons. The first kappa shape index (κ1) is 20.1. The smallest absolute Gasteiger partial charge is 0.418 e. The molecule has 0 aliphatic carbocycles. The molecule has 0 bridgehead atoms. The van der Waals surface area contributed by atoms with Gasteiger partial charge in [0.15, 0.2) is 11.6 Å². The zero-order valence-corrected chi connectivity index (χ0v) is 16.8. The molecule has 0 amide bonds. The van der Waals surface area contributed by atoms with Gasteiger partial charge in [0.25, 0.3) is 0 Å². The maximum Gasteiger partial charge on any atom is 0.418 e. The number of fused-ring (bicyclic) bond motifs is 1. The average molecular weight is 417 g/mol. The molecule has 30 heavy (non-hydrogen) atoms. The van der Waals surface area contributed by atoms with E-state index in [0.717, 1.165) is 6.07 Å². The van der Waals surface area contributed by atoms with E-state index in [2.05, 4.69) is 15.0 Å². The van der Waals surface area contributed by atoms with Gasteiger partial charge in [0.1, 0.15) is 11.3 Å². The summed E-state index contributed by atoms with van der Waals surface area (Å²) in [7, 11) is 0. The standard InChI is InChI=1S/C22H19F4N3O/c1-11-18(30-20(27-11)21(2,3)4)19-28-16-10-12(13-7-5-6-8-15(13)23)9-14(17(16)29-19)22(24,25)26/h5-10H,1-4H3,(H,28,29). The quantitative estimate of drug-likeness (QED) is 0.372. The molecule has 4 aromatic rings. The molecule has 2 heterocycles. The summed E-state index contributed by atoms with van der Waals surface area (Å²) in [4.78, 5) is 11.4. The Balaban J connectivity index is 1.95. The van der Waals surface area contributed by atoms with E-state index >= 15 is 0 Å². The zero-order valence-electron chi connectivity index (χ0n) is 16.8. The Kier molecular flexibility index (Phi) is 4.48. The Hall–Kier alpha value is -3.16. The van der Waals surface area contributed by atoms with Crippen molar-refractivity contribution in [1.29, 1.82) is 0 Å². The summed E-state index contributed by atoms with van der Waals surface area (Å²) in [5.74, 6) is 0.266. The molecule has 4 nitrogen and oxygen atoms in total. The van der Waals surface area contributed by atoms with Crippen LogP contribution in [0.3, 0.4) is 0 Å². The molecule has 0 saturated carbocycles. The minimum Gasteiger partial charge on any atom is -0.437 e. The fourth-order valence-corrected chi connectivity index (χ4v) is 3.23. The van der Waals surface area contributed by atoms with Crippen molar-refractivity contribution < 1.29 is 22.0 Å². The zero-order chi connectivity index (χ0) is 21.8. The highest BCUT2D eigenvalue weighted by Gasteiger charge is 2.35. The lowest BCUT2D eigenvalue weighted by atomic mass is 9.97. The second-order valence-electron chi connectivity index (χ2n) is 8.17. The van der Waals surface area contributed by atoms with Crippen molar-refractivity contribution >= 4 is 11.0 Å². The number of aryl methyl sites for hydroxylation is 1. The van der Waals surface area contributed by atoms with Gasteiger partial charge in [0, 0.05) is 11.0 Å². The van der Waals surface area contributed by atoms with Gasteiger partial charge in [-0.1, -0.05) is 39.0 Å². The fourth-order valence-electron chi connectivity index (χ4n) is 3.23. The molecule has 0 fully saturated rings. The van der Waals surface area contributed by atoms with Gasteiger partial charge in [-0.3, -0.25) is 0 Å². The number of aromatic amines is 1. The normalized spacial score (nSPS) is 12.7. The largest absolute Gasteiger partial charge is 0.437 e. The van der Waals surface area contributed by atoms with Crippen LogP contribution in [0.15, 0.2) is 40.8 Å². The van der Waals surface area contributed by atoms with Crippen LogP contribution in [0.1, 0.15) is 37.9 Å². The first-order valence-corrected chi connectivity index (χ1v) is 9.29.